The minimum Gasteiger partial charge on any atom is -0.389 e. The lowest BCUT2D eigenvalue weighted by Crippen LogP contribution is -2.62. The fourth-order valence-corrected chi connectivity index (χ4v) is 7.69. The SMILES string of the molecule is CCCN(CCC)C(=O)c1cc(C)cc(C(=O)N[C@@H](Cc2cc(F)cc(F)c2)[C@H](O)[C@H]2CN(S(=O)(=O)c3ccc(Cl)c(Cl)c3)CCN2)c1. The number of aliphatic hydroxyl groups is 1. The van der Waals surface area contributed by atoms with Crippen LogP contribution in [0.1, 0.15) is 58.5 Å². The summed E-state index contributed by atoms with van der Waals surface area (Å²) in [6.07, 6.45) is -0.0564. The van der Waals surface area contributed by atoms with Crippen molar-refractivity contribution < 1.29 is 31.9 Å². The highest BCUT2D eigenvalue weighted by atomic mass is 35.5. The number of aliphatic hydroxyl groups excluding tert-OH is 1. The number of rotatable bonds is 13. The lowest BCUT2D eigenvalue weighted by molar-refractivity contribution is 0.0600. The Morgan fingerprint density at radius 1 is 1.00 bits per heavy atom. The Bertz CT molecular complexity index is 1720. The van der Waals surface area contributed by atoms with Crippen molar-refractivity contribution >= 4 is 45.0 Å². The van der Waals surface area contributed by atoms with E-state index in [1.165, 1.54) is 28.6 Å². The molecule has 1 saturated heterocycles. The molecule has 3 aromatic rings. The van der Waals surface area contributed by atoms with E-state index in [0.717, 1.165) is 25.0 Å². The molecule has 3 aromatic carbocycles. The number of aryl methyl sites for hydroxylation is 1. The van der Waals surface area contributed by atoms with Gasteiger partial charge in [-0.15, -0.1) is 0 Å². The number of carbonyl (C=O) groups is 2. The van der Waals surface area contributed by atoms with Crippen molar-refractivity contribution in [2.45, 2.75) is 63.1 Å². The van der Waals surface area contributed by atoms with Crippen LogP contribution < -0.4 is 10.6 Å². The molecule has 3 atom stereocenters. The van der Waals surface area contributed by atoms with E-state index in [-0.39, 0.29) is 58.0 Å². The molecule has 260 valence electrons. The van der Waals surface area contributed by atoms with E-state index in [1.54, 1.807) is 24.0 Å². The molecule has 3 N–H and O–H groups in total. The maximum Gasteiger partial charge on any atom is 0.253 e. The van der Waals surface area contributed by atoms with E-state index in [2.05, 4.69) is 10.6 Å². The second-order valence-electron chi connectivity index (χ2n) is 11.9. The van der Waals surface area contributed by atoms with Gasteiger partial charge in [-0.25, -0.2) is 17.2 Å². The number of nitrogens with one attached hydrogen (secondary N) is 2. The molecule has 2 amide bonds. The van der Waals surface area contributed by atoms with Gasteiger partial charge in [0.25, 0.3) is 11.8 Å². The summed E-state index contributed by atoms with van der Waals surface area (Å²) >= 11 is 12.1. The average Bonchev–Trinajstić information content (AvgIpc) is 3.04. The van der Waals surface area contributed by atoms with Crippen LogP contribution >= 0.6 is 23.2 Å². The molecule has 1 heterocycles. The Labute approximate surface area is 290 Å². The topological polar surface area (TPSA) is 119 Å². The molecule has 0 aromatic heterocycles. The van der Waals surface area contributed by atoms with Gasteiger partial charge in [-0.1, -0.05) is 37.0 Å². The van der Waals surface area contributed by atoms with Crippen molar-refractivity contribution in [3.05, 3.63) is 98.5 Å². The number of hydrogen-bond acceptors (Lipinski definition) is 6. The zero-order valence-corrected chi connectivity index (χ0v) is 29.3. The summed E-state index contributed by atoms with van der Waals surface area (Å²) in [6, 6.07) is 9.66. The third-order valence-corrected chi connectivity index (χ3v) is 10.7. The summed E-state index contributed by atoms with van der Waals surface area (Å²) in [5, 5.41) is 17.8. The second-order valence-corrected chi connectivity index (χ2v) is 14.7. The van der Waals surface area contributed by atoms with Gasteiger partial charge in [0, 0.05) is 56.0 Å². The van der Waals surface area contributed by atoms with Crippen LogP contribution in [0.2, 0.25) is 10.0 Å². The first-order valence-electron chi connectivity index (χ1n) is 15.8. The Balaban J connectivity index is 1.62. The molecule has 0 saturated carbocycles. The van der Waals surface area contributed by atoms with Crippen LogP contribution in [0, 0.1) is 18.6 Å². The smallest absolute Gasteiger partial charge is 0.253 e. The van der Waals surface area contributed by atoms with E-state index >= 15 is 0 Å². The van der Waals surface area contributed by atoms with Crippen LogP contribution in [0.4, 0.5) is 8.78 Å². The molecular formula is C34H40Cl2F2N4O5S. The maximum atomic E-state index is 14.2. The van der Waals surface area contributed by atoms with E-state index in [4.69, 9.17) is 23.2 Å². The van der Waals surface area contributed by atoms with Crippen molar-refractivity contribution in [2.24, 2.45) is 0 Å². The minimum atomic E-state index is -4.05. The van der Waals surface area contributed by atoms with Gasteiger partial charge < -0.3 is 20.6 Å². The maximum absolute atomic E-state index is 14.2. The molecule has 14 heteroatoms. The van der Waals surface area contributed by atoms with Gasteiger partial charge in [-0.2, -0.15) is 4.31 Å². The van der Waals surface area contributed by atoms with Crippen LogP contribution in [0.5, 0.6) is 0 Å². The summed E-state index contributed by atoms with van der Waals surface area (Å²) in [7, 11) is -4.05. The molecule has 0 unspecified atom stereocenters. The second kappa shape index (κ2) is 16.5. The first kappa shape index (κ1) is 37.7. The number of hydrogen-bond donors (Lipinski definition) is 3. The minimum absolute atomic E-state index is 0.0685. The first-order chi connectivity index (χ1) is 22.7. The Morgan fingerprint density at radius 3 is 2.27 bits per heavy atom. The third kappa shape index (κ3) is 9.31. The van der Waals surface area contributed by atoms with Gasteiger partial charge in [0.05, 0.1) is 27.1 Å². The molecule has 0 spiro atoms. The predicted octanol–water partition coefficient (Wildman–Crippen LogP) is 5.21. The largest absolute Gasteiger partial charge is 0.389 e. The van der Waals surface area contributed by atoms with E-state index in [9.17, 15) is 31.9 Å². The van der Waals surface area contributed by atoms with Crippen LogP contribution in [0.25, 0.3) is 0 Å². The molecule has 0 aliphatic carbocycles. The predicted molar refractivity (Wildman–Crippen MR) is 182 cm³/mol. The van der Waals surface area contributed by atoms with Gasteiger partial charge in [-0.05, 0) is 85.8 Å². The molecule has 0 bridgehead atoms. The van der Waals surface area contributed by atoms with E-state index in [1.807, 2.05) is 13.8 Å². The summed E-state index contributed by atoms with van der Waals surface area (Å²) in [5.41, 5.74) is 1.33. The Hall–Kier alpha value is -3.13. The molecular weight excluding hydrogens is 685 g/mol. The average molecular weight is 726 g/mol. The van der Waals surface area contributed by atoms with Crippen molar-refractivity contribution in [1.29, 1.82) is 0 Å². The van der Waals surface area contributed by atoms with Gasteiger partial charge in [0.1, 0.15) is 11.6 Å². The lowest BCUT2D eigenvalue weighted by atomic mass is 9.94. The fourth-order valence-electron chi connectivity index (χ4n) is 5.83. The van der Waals surface area contributed by atoms with Crippen molar-refractivity contribution in [3.8, 4) is 0 Å². The number of benzene rings is 3. The molecule has 48 heavy (non-hydrogen) atoms. The van der Waals surface area contributed by atoms with E-state index < -0.39 is 45.8 Å². The summed E-state index contributed by atoms with van der Waals surface area (Å²) < 4.78 is 56.5. The number of halogens is 4. The van der Waals surface area contributed by atoms with Crippen LogP contribution in [-0.4, -0.2) is 85.5 Å². The van der Waals surface area contributed by atoms with Crippen molar-refractivity contribution in [2.75, 3.05) is 32.7 Å². The molecule has 1 fully saturated rings. The van der Waals surface area contributed by atoms with Crippen LogP contribution in [0.3, 0.4) is 0 Å². The quantitative estimate of drug-likeness (QED) is 0.223. The zero-order valence-electron chi connectivity index (χ0n) is 27.0. The van der Waals surface area contributed by atoms with Gasteiger partial charge in [0.15, 0.2) is 0 Å². The highest BCUT2D eigenvalue weighted by Gasteiger charge is 2.37. The number of piperazine rings is 1. The third-order valence-electron chi connectivity index (χ3n) is 8.08. The van der Waals surface area contributed by atoms with E-state index in [0.29, 0.717) is 30.3 Å². The Morgan fingerprint density at radius 2 is 1.65 bits per heavy atom. The van der Waals surface area contributed by atoms with Crippen molar-refractivity contribution in [1.82, 2.24) is 19.8 Å². The van der Waals surface area contributed by atoms with Gasteiger partial charge >= 0.3 is 0 Å². The van der Waals surface area contributed by atoms with Crippen LogP contribution in [0.15, 0.2) is 59.5 Å². The summed E-state index contributed by atoms with van der Waals surface area (Å²) in [4.78, 5) is 28.7. The van der Waals surface area contributed by atoms with Gasteiger partial charge in [-0.3, -0.25) is 9.59 Å². The standard InChI is InChI=1S/C34H40Cl2F2N4O5S/c1-4-9-41(10-5-2)34(45)24-13-21(3)12-23(17-24)33(44)40-30(16-22-14-25(37)18-26(38)15-22)32(43)31-20-42(11-8-39-31)48(46,47)27-6-7-28(35)29(36)19-27/h6-7,12-15,17-19,30-32,39,43H,4-5,8-11,16,20H2,1-3H3,(H,40,44)/t30-,31+,32-/m0/s1. The molecule has 9 nitrogen and oxygen atoms in total. The number of amides is 2. The molecule has 0 radical (unpaired) electrons. The number of carbonyl (C=O) groups excluding carboxylic acids is 2. The molecule has 1 aliphatic rings. The fraction of sp³-hybridized carbons (Fsp3) is 0.412. The monoisotopic (exact) mass is 724 g/mol. The number of sulfonamides is 1. The molecule has 4 rings (SSSR count). The summed E-state index contributed by atoms with van der Waals surface area (Å²) in [5.74, 6) is -2.49. The summed E-state index contributed by atoms with van der Waals surface area (Å²) in [6.45, 7) is 6.92. The Kier molecular flexibility index (Phi) is 13.0. The normalized spacial score (nSPS) is 16.7. The van der Waals surface area contributed by atoms with Crippen LogP contribution in [-0.2, 0) is 16.4 Å². The highest BCUT2D eigenvalue weighted by molar-refractivity contribution is 7.89. The zero-order chi connectivity index (χ0) is 35.2. The lowest BCUT2D eigenvalue weighted by Gasteiger charge is -2.38. The highest BCUT2D eigenvalue weighted by Crippen LogP contribution is 2.27. The van der Waals surface area contributed by atoms with Crippen molar-refractivity contribution in [3.63, 3.8) is 0 Å². The first-order valence-corrected chi connectivity index (χ1v) is 18.0. The molecule has 1 aliphatic heterocycles. The number of nitrogens with zero attached hydrogens (tertiary/aromatic N) is 2. The van der Waals surface area contributed by atoms with Gasteiger partial charge in [0.2, 0.25) is 10.0 Å².